The summed E-state index contributed by atoms with van der Waals surface area (Å²) in [6.07, 6.45) is 1.13. The largest absolute Gasteiger partial charge is 0.493 e. The van der Waals surface area contributed by atoms with Gasteiger partial charge in [-0.05, 0) is 30.0 Å². The molecule has 1 aliphatic heterocycles. The predicted molar refractivity (Wildman–Crippen MR) is 101 cm³/mol. The van der Waals surface area contributed by atoms with Crippen molar-refractivity contribution in [2.45, 2.75) is 12.5 Å². The van der Waals surface area contributed by atoms with Crippen LogP contribution in [0, 0.1) is 5.92 Å². The lowest BCUT2D eigenvalue weighted by Gasteiger charge is -2.26. The van der Waals surface area contributed by atoms with E-state index in [1.165, 1.54) is 5.56 Å². The number of hydrogen-bond acceptors (Lipinski definition) is 3. The summed E-state index contributed by atoms with van der Waals surface area (Å²) in [6, 6.07) is 22.9. The number of methoxy groups -OCH3 is 1. The summed E-state index contributed by atoms with van der Waals surface area (Å²) in [5.41, 5.74) is 1.21. The van der Waals surface area contributed by atoms with Gasteiger partial charge in [-0.1, -0.05) is 60.7 Å². The van der Waals surface area contributed by atoms with E-state index in [1.54, 1.807) is 7.11 Å². The van der Waals surface area contributed by atoms with Crippen molar-refractivity contribution in [2.75, 3.05) is 20.2 Å². The Kier molecular flexibility index (Phi) is 4.57. The van der Waals surface area contributed by atoms with Gasteiger partial charge in [-0.2, -0.15) is 0 Å². The van der Waals surface area contributed by atoms with Crippen LogP contribution in [0.2, 0.25) is 0 Å². The highest BCUT2D eigenvalue weighted by atomic mass is 16.5. The van der Waals surface area contributed by atoms with E-state index < -0.39 is 0 Å². The summed E-state index contributed by atoms with van der Waals surface area (Å²) in [5.74, 6) is 2.07. The van der Waals surface area contributed by atoms with Crippen LogP contribution in [0.1, 0.15) is 18.1 Å². The minimum absolute atomic E-state index is 0.0101. The van der Waals surface area contributed by atoms with Gasteiger partial charge < -0.3 is 14.8 Å². The third kappa shape index (κ3) is 3.20. The van der Waals surface area contributed by atoms with Gasteiger partial charge in [0, 0.05) is 17.8 Å². The fraction of sp³-hybridized carbons (Fsp3) is 0.273. The zero-order chi connectivity index (χ0) is 17.1. The third-order valence-electron chi connectivity index (χ3n) is 4.96. The van der Waals surface area contributed by atoms with Crippen molar-refractivity contribution in [2.24, 2.45) is 5.92 Å². The van der Waals surface area contributed by atoms with Gasteiger partial charge in [0.1, 0.15) is 6.10 Å². The number of benzene rings is 3. The molecule has 1 fully saturated rings. The minimum Gasteiger partial charge on any atom is -0.493 e. The molecule has 3 aromatic carbocycles. The Morgan fingerprint density at radius 1 is 0.960 bits per heavy atom. The van der Waals surface area contributed by atoms with Crippen LogP contribution in [0.3, 0.4) is 0 Å². The van der Waals surface area contributed by atoms with Crippen LogP contribution >= 0.6 is 0 Å². The number of nitrogens with one attached hydrogen (secondary N) is 1. The van der Waals surface area contributed by atoms with Crippen molar-refractivity contribution >= 4 is 10.8 Å². The highest BCUT2D eigenvalue weighted by molar-refractivity contribution is 5.90. The lowest BCUT2D eigenvalue weighted by Crippen LogP contribution is -2.21. The molecule has 0 bridgehead atoms. The Hall–Kier alpha value is -2.52. The summed E-state index contributed by atoms with van der Waals surface area (Å²) in [4.78, 5) is 0. The van der Waals surface area contributed by atoms with Crippen LogP contribution in [-0.2, 0) is 0 Å². The van der Waals surface area contributed by atoms with Gasteiger partial charge in [0.15, 0.2) is 11.5 Å². The summed E-state index contributed by atoms with van der Waals surface area (Å²) < 4.78 is 12.3. The molecule has 1 N–H and O–H groups in total. The predicted octanol–water partition coefficient (Wildman–Crippen LogP) is 4.58. The van der Waals surface area contributed by atoms with Crippen LogP contribution in [0.5, 0.6) is 11.5 Å². The molecule has 1 heterocycles. The van der Waals surface area contributed by atoms with Crippen LogP contribution in [0.25, 0.3) is 10.8 Å². The molecule has 2 atom stereocenters. The summed E-state index contributed by atoms with van der Waals surface area (Å²) in [7, 11) is 1.70. The molecule has 0 amide bonds. The third-order valence-corrected chi connectivity index (χ3v) is 4.96. The smallest absolute Gasteiger partial charge is 0.169 e. The molecule has 0 aromatic heterocycles. The zero-order valence-electron chi connectivity index (χ0n) is 14.4. The van der Waals surface area contributed by atoms with E-state index in [2.05, 4.69) is 47.8 Å². The van der Waals surface area contributed by atoms with E-state index in [0.29, 0.717) is 5.92 Å². The van der Waals surface area contributed by atoms with Gasteiger partial charge in [0.05, 0.1) is 7.11 Å². The second kappa shape index (κ2) is 7.16. The fourth-order valence-corrected chi connectivity index (χ4v) is 3.65. The van der Waals surface area contributed by atoms with E-state index in [4.69, 9.17) is 9.47 Å². The van der Waals surface area contributed by atoms with Gasteiger partial charge >= 0.3 is 0 Å². The molecular formula is C22H23NO2. The molecule has 128 valence electrons. The van der Waals surface area contributed by atoms with E-state index in [0.717, 1.165) is 41.8 Å². The zero-order valence-corrected chi connectivity index (χ0v) is 14.4. The van der Waals surface area contributed by atoms with Crippen LogP contribution in [0.15, 0.2) is 66.7 Å². The average molecular weight is 333 g/mol. The Morgan fingerprint density at radius 2 is 1.76 bits per heavy atom. The first-order valence-electron chi connectivity index (χ1n) is 8.85. The SMILES string of the molecule is COc1ccc2ccccc2c1OC(c1ccccc1)C1CCNC1. The van der Waals surface area contributed by atoms with E-state index in [9.17, 15) is 0 Å². The Labute approximate surface area is 148 Å². The Bertz CT molecular complexity index is 841. The topological polar surface area (TPSA) is 30.5 Å². The van der Waals surface area contributed by atoms with Crippen LogP contribution in [0.4, 0.5) is 0 Å². The quantitative estimate of drug-likeness (QED) is 0.741. The second-order valence-corrected chi connectivity index (χ2v) is 6.52. The van der Waals surface area contributed by atoms with Crippen LogP contribution < -0.4 is 14.8 Å². The molecule has 1 saturated heterocycles. The molecule has 0 saturated carbocycles. The second-order valence-electron chi connectivity index (χ2n) is 6.52. The first-order valence-corrected chi connectivity index (χ1v) is 8.85. The van der Waals surface area contributed by atoms with Crippen molar-refractivity contribution in [3.8, 4) is 11.5 Å². The van der Waals surface area contributed by atoms with Crippen molar-refractivity contribution in [3.05, 3.63) is 72.3 Å². The number of fused-ring (bicyclic) bond motifs is 1. The van der Waals surface area contributed by atoms with Gasteiger partial charge in [-0.25, -0.2) is 0 Å². The van der Waals surface area contributed by atoms with E-state index in [-0.39, 0.29) is 6.10 Å². The lowest BCUT2D eigenvalue weighted by atomic mass is 9.94. The molecule has 0 aliphatic carbocycles. The highest BCUT2D eigenvalue weighted by Crippen LogP contribution is 2.41. The molecule has 4 rings (SSSR count). The molecule has 3 nitrogen and oxygen atoms in total. The van der Waals surface area contributed by atoms with Gasteiger partial charge in [-0.3, -0.25) is 0 Å². The maximum absolute atomic E-state index is 6.65. The molecule has 3 heteroatoms. The van der Waals surface area contributed by atoms with E-state index in [1.807, 2.05) is 24.3 Å². The van der Waals surface area contributed by atoms with Gasteiger partial charge in [-0.15, -0.1) is 0 Å². The molecule has 25 heavy (non-hydrogen) atoms. The summed E-state index contributed by atoms with van der Waals surface area (Å²) in [5, 5.41) is 5.72. The summed E-state index contributed by atoms with van der Waals surface area (Å²) in [6.45, 7) is 2.02. The highest BCUT2D eigenvalue weighted by Gasteiger charge is 2.29. The monoisotopic (exact) mass is 333 g/mol. The van der Waals surface area contributed by atoms with Crippen molar-refractivity contribution < 1.29 is 9.47 Å². The first kappa shape index (κ1) is 16.0. The average Bonchev–Trinajstić information content (AvgIpc) is 3.21. The fourth-order valence-electron chi connectivity index (χ4n) is 3.65. The molecule has 2 unspecified atom stereocenters. The molecule has 1 aliphatic rings. The number of rotatable bonds is 5. The summed E-state index contributed by atoms with van der Waals surface area (Å²) >= 11 is 0. The van der Waals surface area contributed by atoms with E-state index >= 15 is 0 Å². The lowest BCUT2D eigenvalue weighted by molar-refractivity contribution is 0.141. The van der Waals surface area contributed by atoms with Crippen molar-refractivity contribution in [1.82, 2.24) is 5.32 Å². The molecular weight excluding hydrogens is 310 g/mol. The van der Waals surface area contributed by atoms with Gasteiger partial charge in [0.25, 0.3) is 0 Å². The van der Waals surface area contributed by atoms with Crippen LogP contribution in [-0.4, -0.2) is 20.2 Å². The molecule has 0 spiro atoms. The molecule has 0 radical (unpaired) electrons. The number of hydrogen-bond donors (Lipinski definition) is 1. The van der Waals surface area contributed by atoms with Crippen molar-refractivity contribution in [3.63, 3.8) is 0 Å². The normalized spacial score (nSPS) is 18.2. The van der Waals surface area contributed by atoms with Gasteiger partial charge in [0.2, 0.25) is 0 Å². The Morgan fingerprint density at radius 3 is 2.52 bits per heavy atom. The maximum atomic E-state index is 6.65. The number of ether oxygens (including phenoxy) is 2. The maximum Gasteiger partial charge on any atom is 0.169 e. The van der Waals surface area contributed by atoms with Crippen molar-refractivity contribution in [1.29, 1.82) is 0 Å². The minimum atomic E-state index is 0.0101. The molecule has 3 aromatic rings. The standard InChI is InChI=1S/C22H23NO2/c1-24-20-12-11-16-7-5-6-10-19(16)22(20)25-21(18-13-14-23-15-18)17-8-3-2-4-9-17/h2-12,18,21,23H,13-15H2,1H3. The first-order chi connectivity index (χ1) is 12.4. The Balaban J connectivity index is 1.78.